The highest BCUT2D eigenvalue weighted by molar-refractivity contribution is 9.09. The molecule has 0 amide bonds. The standard InChI is InChI=1S/C27H43BrO7/c1-4-17(2)27(33)35-24-15-21(30)13-19-8-7-18(3)23(26(19)24)10-9-20(29)14-22(31)16-25(32)34-12-6-5-11-28/h7-8,13,17-18,20-24,26,29-31H,4-6,9-12,14-16H2,1-3H3. The predicted molar refractivity (Wildman–Crippen MR) is 138 cm³/mol. The molecular formula is C27H43BrO7. The number of carbonyl (C=O) groups excluding carboxylic acids is 2. The monoisotopic (exact) mass is 558 g/mol. The second kappa shape index (κ2) is 15.1. The van der Waals surface area contributed by atoms with Crippen LogP contribution in [0.15, 0.2) is 23.8 Å². The Bertz CT molecular complexity index is 737. The number of aliphatic hydroxyl groups is 3. The quantitative estimate of drug-likeness (QED) is 0.167. The van der Waals surface area contributed by atoms with Gasteiger partial charge in [0.1, 0.15) is 6.10 Å². The second-order valence-corrected chi connectivity index (χ2v) is 10.9. The highest BCUT2D eigenvalue weighted by Crippen LogP contribution is 2.44. The molecule has 0 aromatic carbocycles. The summed E-state index contributed by atoms with van der Waals surface area (Å²) in [7, 11) is 0. The van der Waals surface area contributed by atoms with Gasteiger partial charge in [-0.1, -0.05) is 54.9 Å². The molecule has 2 rings (SSSR count). The molecule has 0 saturated heterocycles. The minimum absolute atomic E-state index is 0.0435. The van der Waals surface area contributed by atoms with Crippen LogP contribution >= 0.6 is 15.9 Å². The van der Waals surface area contributed by atoms with Crippen molar-refractivity contribution in [2.75, 3.05) is 11.9 Å². The van der Waals surface area contributed by atoms with Crippen LogP contribution in [0.4, 0.5) is 0 Å². The normalized spacial score (nSPS) is 28.4. The lowest BCUT2D eigenvalue weighted by Crippen LogP contribution is -2.43. The summed E-state index contributed by atoms with van der Waals surface area (Å²) in [5.41, 5.74) is 0.978. The molecule has 3 N–H and O–H groups in total. The summed E-state index contributed by atoms with van der Waals surface area (Å²) >= 11 is 3.33. The summed E-state index contributed by atoms with van der Waals surface area (Å²) in [6.07, 6.45) is 7.03. The Morgan fingerprint density at radius 1 is 1.23 bits per heavy atom. The van der Waals surface area contributed by atoms with E-state index in [-0.39, 0.29) is 42.5 Å². The molecule has 0 saturated carbocycles. The molecule has 8 heteroatoms. The van der Waals surface area contributed by atoms with Crippen molar-refractivity contribution >= 4 is 27.9 Å². The molecule has 0 aliphatic heterocycles. The summed E-state index contributed by atoms with van der Waals surface area (Å²) in [5.74, 6) is -0.599. The first-order chi connectivity index (χ1) is 16.7. The van der Waals surface area contributed by atoms with Crippen molar-refractivity contribution in [3.63, 3.8) is 0 Å². The maximum Gasteiger partial charge on any atom is 0.308 e. The highest BCUT2D eigenvalue weighted by Gasteiger charge is 2.42. The van der Waals surface area contributed by atoms with Crippen LogP contribution in [0, 0.1) is 23.7 Å². The molecular weight excluding hydrogens is 516 g/mol. The maximum absolute atomic E-state index is 12.5. The third-order valence-corrected chi connectivity index (χ3v) is 7.79. The minimum Gasteiger partial charge on any atom is -0.466 e. The molecule has 200 valence electrons. The van der Waals surface area contributed by atoms with Crippen molar-refractivity contribution in [2.45, 2.75) is 96.6 Å². The van der Waals surface area contributed by atoms with E-state index in [9.17, 15) is 24.9 Å². The van der Waals surface area contributed by atoms with Crippen LogP contribution in [0.1, 0.15) is 72.1 Å². The van der Waals surface area contributed by atoms with E-state index < -0.39 is 30.4 Å². The molecule has 35 heavy (non-hydrogen) atoms. The van der Waals surface area contributed by atoms with Crippen molar-refractivity contribution in [2.24, 2.45) is 23.7 Å². The first-order valence-electron chi connectivity index (χ1n) is 13.0. The molecule has 0 radical (unpaired) electrons. The zero-order valence-corrected chi connectivity index (χ0v) is 22.9. The summed E-state index contributed by atoms with van der Waals surface area (Å²) in [6, 6.07) is 0. The van der Waals surface area contributed by atoms with Gasteiger partial charge in [0.25, 0.3) is 0 Å². The number of carbonyl (C=O) groups is 2. The number of hydrogen-bond acceptors (Lipinski definition) is 7. The van der Waals surface area contributed by atoms with Crippen molar-refractivity contribution < 1.29 is 34.4 Å². The lowest BCUT2D eigenvalue weighted by Gasteiger charge is -2.43. The van der Waals surface area contributed by atoms with E-state index in [0.29, 0.717) is 32.3 Å². The number of fused-ring (bicyclic) bond motifs is 1. The molecule has 0 aromatic heterocycles. The average Bonchev–Trinajstić information content (AvgIpc) is 2.80. The van der Waals surface area contributed by atoms with Crippen molar-refractivity contribution in [3.05, 3.63) is 23.8 Å². The average molecular weight is 560 g/mol. The fraction of sp³-hybridized carbons (Fsp3) is 0.778. The fourth-order valence-electron chi connectivity index (χ4n) is 4.95. The predicted octanol–water partition coefficient (Wildman–Crippen LogP) is 4.07. The van der Waals surface area contributed by atoms with Gasteiger partial charge in [0, 0.05) is 17.7 Å². The highest BCUT2D eigenvalue weighted by atomic mass is 79.9. The van der Waals surface area contributed by atoms with Crippen molar-refractivity contribution in [1.82, 2.24) is 0 Å². The third kappa shape index (κ3) is 9.63. The molecule has 0 bridgehead atoms. The van der Waals surface area contributed by atoms with E-state index in [0.717, 1.165) is 23.7 Å². The van der Waals surface area contributed by atoms with Crippen molar-refractivity contribution in [3.8, 4) is 0 Å². The van der Waals surface area contributed by atoms with Crippen LogP contribution < -0.4 is 0 Å². The lowest BCUT2D eigenvalue weighted by atomic mass is 9.66. The van der Waals surface area contributed by atoms with Gasteiger partial charge in [-0.15, -0.1) is 0 Å². The van der Waals surface area contributed by atoms with Crippen LogP contribution in [-0.2, 0) is 19.1 Å². The van der Waals surface area contributed by atoms with E-state index in [1.807, 2.05) is 26.0 Å². The van der Waals surface area contributed by atoms with Crippen LogP contribution in [0.5, 0.6) is 0 Å². The lowest BCUT2D eigenvalue weighted by molar-refractivity contribution is -0.159. The molecule has 0 aromatic rings. The minimum atomic E-state index is -0.957. The number of halogens is 1. The van der Waals surface area contributed by atoms with Gasteiger partial charge in [0.05, 0.1) is 37.3 Å². The molecule has 2 aliphatic carbocycles. The number of unbranched alkanes of at least 4 members (excludes halogenated alkanes) is 1. The van der Waals surface area contributed by atoms with E-state index >= 15 is 0 Å². The Hall–Kier alpha value is -1.22. The summed E-state index contributed by atoms with van der Waals surface area (Å²) in [6.45, 7) is 6.24. The molecule has 7 nitrogen and oxygen atoms in total. The zero-order valence-electron chi connectivity index (χ0n) is 21.3. The van der Waals surface area contributed by atoms with Gasteiger partial charge in [-0.2, -0.15) is 0 Å². The number of rotatable bonds is 14. The SMILES string of the molecule is CCC(C)C(=O)OC1CC(O)C=C2C=CC(C)C(CCC(O)CC(O)CC(=O)OCCCCBr)C21. The Kier molecular flexibility index (Phi) is 13.0. The largest absolute Gasteiger partial charge is 0.466 e. The van der Waals surface area contributed by atoms with E-state index in [4.69, 9.17) is 9.47 Å². The van der Waals surface area contributed by atoms with Gasteiger partial charge in [0.2, 0.25) is 0 Å². The molecule has 0 spiro atoms. The number of esters is 2. The van der Waals surface area contributed by atoms with Gasteiger partial charge >= 0.3 is 11.9 Å². The second-order valence-electron chi connectivity index (χ2n) is 10.1. The Morgan fingerprint density at radius 3 is 2.66 bits per heavy atom. The summed E-state index contributed by atoms with van der Waals surface area (Å²) < 4.78 is 11.0. The van der Waals surface area contributed by atoms with E-state index in [1.54, 1.807) is 0 Å². The zero-order chi connectivity index (χ0) is 26.0. The molecule has 0 fully saturated rings. The number of alkyl halides is 1. The van der Waals surface area contributed by atoms with Crippen LogP contribution in [0.2, 0.25) is 0 Å². The third-order valence-electron chi connectivity index (χ3n) is 7.23. The Balaban J connectivity index is 1.93. The topological polar surface area (TPSA) is 113 Å². The van der Waals surface area contributed by atoms with Gasteiger partial charge in [-0.05, 0) is 55.9 Å². The summed E-state index contributed by atoms with van der Waals surface area (Å²) in [5, 5.41) is 32.0. The fourth-order valence-corrected chi connectivity index (χ4v) is 5.35. The van der Waals surface area contributed by atoms with E-state index in [2.05, 4.69) is 28.9 Å². The number of hydrogen-bond donors (Lipinski definition) is 3. The molecule has 8 unspecified atom stereocenters. The van der Waals surface area contributed by atoms with Crippen LogP contribution in [0.25, 0.3) is 0 Å². The first kappa shape index (κ1) is 30.0. The van der Waals surface area contributed by atoms with Crippen LogP contribution in [0.3, 0.4) is 0 Å². The number of aliphatic hydroxyl groups excluding tert-OH is 3. The van der Waals surface area contributed by atoms with Gasteiger partial charge < -0.3 is 24.8 Å². The van der Waals surface area contributed by atoms with Crippen molar-refractivity contribution in [1.29, 1.82) is 0 Å². The molecule has 2 aliphatic rings. The molecule has 0 heterocycles. The molecule has 8 atom stereocenters. The van der Waals surface area contributed by atoms with Gasteiger partial charge in [-0.3, -0.25) is 9.59 Å². The smallest absolute Gasteiger partial charge is 0.308 e. The number of allylic oxidation sites excluding steroid dienone is 2. The van der Waals surface area contributed by atoms with Gasteiger partial charge in [0.15, 0.2) is 0 Å². The van der Waals surface area contributed by atoms with Crippen LogP contribution in [-0.4, -0.2) is 63.6 Å². The van der Waals surface area contributed by atoms with E-state index in [1.165, 1.54) is 0 Å². The summed E-state index contributed by atoms with van der Waals surface area (Å²) in [4.78, 5) is 24.4. The van der Waals surface area contributed by atoms with Gasteiger partial charge in [-0.25, -0.2) is 0 Å². The first-order valence-corrected chi connectivity index (χ1v) is 14.1. The Morgan fingerprint density at radius 2 is 1.97 bits per heavy atom. The Labute approximate surface area is 218 Å². The number of ether oxygens (including phenoxy) is 2. The maximum atomic E-state index is 12.5.